The summed E-state index contributed by atoms with van der Waals surface area (Å²) < 4.78 is 49.1. The van der Waals surface area contributed by atoms with Crippen LogP contribution in [0.4, 0.5) is 10.1 Å². The number of hydrogen-bond acceptors (Lipinski definition) is 9. The lowest BCUT2D eigenvalue weighted by Crippen LogP contribution is -2.51. The summed E-state index contributed by atoms with van der Waals surface area (Å²) in [7, 11) is -1.38. The molecule has 1 saturated carbocycles. The fourth-order valence-corrected chi connectivity index (χ4v) is 6.55. The van der Waals surface area contributed by atoms with E-state index in [9.17, 15) is 22.9 Å². The van der Waals surface area contributed by atoms with E-state index in [0.717, 1.165) is 59.7 Å². The van der Waals surface area contributed by atoms with Crippen molar-refractivity contribution >= 4 is 32.8 Å². The number of piperidine rings is 1. The lowest BCUT2D eigenvalue weighted by atomic mass is 9.82. The van der Waals surface area contributed by atoms with Gasteiger partial charge < -0.3 is 9.64 Å². The topological polar surface area (TPSA) is 137 Å². The lowest BCUT2D eigenvalue weighted by molar-refractivity contribution is -0.0208. The van der Waals surface area contributed by atoms with Crippen molar-refractivity contribution in [3.63, 3.8) is 0 Å². The molecule has 43 heavy (non-hydrogen) atoms. The first-order valence-corrected chi connectivity index (χ1v) is 16.0. The van der Waals surface area contributed by atoms with Gasteiger partial charge in [0.2, 0.25) is 0 Å². The quantitative estimate of drug-likeness (QED) is 0.428. The maximum absolute atomic E-state index is 13.8. The number of aromatic nitrogens is 3. The number of anilines is 1. The number of halogens is 1. The van der Waals surface area contributed by atoms with Crippen LogP contribution in [0, 0.1) is 17.1 Å². The van der Waals surface area contributed by atoms with Crippen LogP contribution in [0.25, 0.3) is 16.7 Å². The molecule has 1 aliphatic carbocycles. The average molecular weight is 611 g/mol. The van der Waals surface area contributed by atoms with E-state index < -0.39 is 22.2 Å². The molecular formula is C29H35FN8O4S. The van der Waals surface area contributed by atoms with Gasteiger partial charge >= 0.3 is 10.2 Å². The summed E-state index contributed by atoms with van der Waals surface area (Å²) in [5.74, 6) is -1.00. The molecule has 0 radical (unpaired) electrons. The molecule has 228 valence electrons. The highest BCUT2D eigenvalue weighted by Gasteiger charge is 2.34. The summed E-state index contributed by atoms with van der Waals surface area (Å²) in [6.07, 6.45) is 4.34. The van der Waals surface area contributed by atoms with E-state index in [2.05, 4.69) is 25.6 Å². The van der Waals surface area contributed by atoms with E-state index >= 15 is 0 Å². The molecule has 1 amide bonds. The molecule has 0 bridgehead atoms. The summed E-state index contributed by atoms with van der Waals surface area (Å²) in [6.45, 7) is 3.29. The fraction of sp³-hybridized carbons (Fsp3) is 0.517. The van der Waals surface area contributed by atoms with Crippen molar-refractivity contribution in [2.24, 2.45) is 0 Å². The molecule has 12 nitrogen and oxygen atoms in total. The number of carbonyl (C=O) groups excluding carboxylic acids is 1. The third-order valence-corrected chi connectivity index (χ3v) is 10.1. The van der Waals surface area contributed by atoms with Gasteiger partial charge in [-0.3, -0.25) is 9.69 Å². The Morgan fingerprint density at radius 2 is 1.86 bits per heavy atom. The van der Waals surface area contributed by atoms with Gasteiger partial charge in [-0.15, -0.1) is 0 Å². The summed E-state index contributed by atoms with van der Waals surface area (Å²) >= 11 is 0. The smallest absolute Gasteiger partial charge is 0.303 e. The number of amides is 1. The Morgan fingerprint density at radius 3 is 2.49 bits per heavy atom. The zero-order chi connectivity index (χ0) is 30.3. The highest BCUT2D eigenvalue weighted by atomic mass is 32.2. The van der Waals surface area contributed by atoms with Gasteiger partial charge in [0.05, 0.1) is 35.1 Å². The van der Waals surface area contributed by atoms with Crippen LogP contribution in [0.3, 0.4) is 0 Å². The summed E-state index contributed by atoms with van der Waals surface area (Å²) in [5, 5.41) is 15.1. The molecule has 4 heterocycles. The third-order valence-electron chi connectivity index (χ3n) is 8.71. The summed E-state index contributed by atoms with van der Waals surface area (Å²) in [6, 6.07) is 10.1. The maximum atomic E-state index is 13.8. The number of nitrogens with one attached hydrogen (secondary N) is 1. The highest BCUT2D eigenvalue weighted by molar-refractivity contribution is 7.87. The first-order valence-electron chi connectivity index (χ1n) is 14.6. The molecule has 1 N–H and O–H groups in total. The normalized spacial score (nSPS) is 20.7. The third kappa shape index (κ3) is 5.82. The zero-order valence-corrected chi connectivity index (χ0v) is 25.1. The van der Waals surface area contributed by atoms with Crippen LogP contribution in [0.15, 0.2) is 30.3 Å². The Labute approximate surface area is 250 Å². The Balaban J connectivity index is 1.42. The molecule has 2 aliphatic heterocycles. The van der Waals surface area contributed by atoms with Crippen LogP contribution >= 0.6 is 0 Å². The molecule has 1 aromatic carbocycles. The van der Waals surface area contributed by atoms with Crippen molar-refractivity contribution in [2.75, 3.05) is 51.8 Å². The molecule has 3 fully saturated rings. The van der Waals surface area contributed by atoms with Crippen LogP contribution in [-0.4, -0.2) is 97.3 Å². The van der Waals surface area contributed by atoms with Crippen molar-refractivity contribution in [3.8, 4) is 11.8 Å². The molecular weight excluding hydrogens is 575 g/mol. The number of morpholine rings is 1. The number of nitrogens with zero attached hydrogens (tertiary/aromatic N) is 7. The number of carbonyl (C=O) groups is 1. The Kier molecular flexibility index (Phi) is 8.08. The molecule has 0 spiro atoms. The van der Waals surface area contributed by atoms with E-state index in [0.29, 0.717) is 43.6 Å². The van der Waals surface area contributed by atoms with Crippen molar-refractivity contribution in [2.45, 2.75) is 50.2 Å². The minimum atomic E-state index is -4.06. The van der Waals surface area contributed by atoms with Crippen molar-refractivity contribution in [1.82, 2.24) is 28.7 Å². The minimum absolute atomic E-state index is 0.0523. The maximum Gasteiger partial charge on any atom is 0.303 e. The molecule has 1 unspecified atom stereocenters. The Hall–Kier alpha value is -3.64. The average Bonchev–Trinajstić information content (AvgIpc) is 3.35. The second-order valence-corrected chi connectivity index (χ2v) is 13.4. The lowest BCUT2D eigenvalue weighted by Gasteiger charge is -2.42. The molecule has 3 aromatic rings. The summed E-state index contributed by atoms with van der Waals surface area (Å²) in [4.78, 5) is 22.6. The second-order valence-electron chi connectivity index (χ2n) is 11.5. The molecule has 14 heteroatoms. The number of pyridine rings is 1. The SMILES string of the molecule is CN(C)S(=O)(=O)NC(=O)c1cc(N2CCC(N3CCOC(C#N)C3)CC2)c2c(C3CCC3)nn(-c3ccc(F)cc3)c2n1. The van der Waals surface area contributed by atoms with Crippen LogP contribution in [-0.2, 0) is 14.9 Å². The number of hydrogen-bond donors (Lipinski definition) is 1. The molecule has 6 rings (SSSR count). The fourth-order valence-electron chi connectivity index (χ4n) is 6.03. The highest BCUT2D eigenvalue weighted by Crippen LogP contribution is 2.43. The molecule has 2 aromatic heterocycles. The first-order chi connectivity index (χ1) is 20.6. The van der Waals surface area contributed by atoms with E-state index in [1.54, 1.807) is 22.9 Å². The van der Waals surface area contributed by atoms with Crippen molar-refractivity contribution in [1.29, 1.82) is 5.26 Å². The Morgan fingerprint density at radius 1 is 1.14 bits per heavy atom. The largest absolute Gasteiger partial charge is 0.371 e. The van der Waals surface area contributed by atoms with E-state index in [4.69, 9.17) is 9.84 Å². The van der Waals surface area contributed by atoms with Crippen LogP contribution in [0.1, 0.15) is 54.2 Å². The minimum Gasteiger partial charge on any atom is -0.371 e. The van der Waals surface area contributed by atoms with Crippen LogP contribution in [0.5, 0.6) is 0 Å². The van der Waals surface area contributed by atoms with Gasteiger partial charge in [-0.25, -0.2) is 18.8 Å². The van der Waals surface area contributed by atoms with Gasteiger partial charge in [-0.05, 0) is 56.0 Å². The van der Waals surface area contributed by atoms with Gasteiger partial charge in [0.15, 0.2) is 11.8 Å². The van der Waals surface area contributed by atoms with Gasteiger partial charge in [0.25, 0.3) is 5.91 Å². The number of fused-ring (bicyclic) bond motifs is 1. The number of nitriles is 1. The number of benzene rings is 1. The van der Waals surface area contributed by atoms with Crippen LogP contribution in [0.2, 0.25) is 0 Å². The first kappa shape index (κ1) is 29.4. The van der Waals surface area contributed by atoms with E-state index in [-0.39, 0.29) is 17.4 Å². The number of rotatable bonds is 7. The standard InChI is InChI=1S/C29H35FN8O4S/c1-35(2)43(40,41)34-29(39)24-16-25(36-12-10-21(11-13-36)37-14-15-42-23(17-31)18-37)26-27(19-4-3-5-19)33-38(28(26)32-24)22-8-6-20(30)7-9-22/h6-9,16,19,21,23H,3-5,10-15,18H2,1-2H3,(H,34,39). The van der Waals surface area contributed by atoms with E-state index in [1.165, 1.54) is 26.2 Å². The van der Waals surface area contributed by atoms with Gasteiger partial charge in [0.1, 0.15) is 11.5 Å². The second kappa shape index (κ2) is 11.8. The predicted octanol–water partition coefficient (Wildman–Crippen LogP) is 2.56. The predicted molar refractivity (Wildman–Crippen MR) is 158 cm³/mol. The van der Waals surface area contributed by atoms with Gasteiger partial charge in [0, 0.05) is 52.2 Å². The van der Waals surface area contributed by atoms with E-state index in [1.807, 2.05) is 0 Å². The molecule has 3 aliphatic rings. The summed E-state index contributed by atoms with van der Waals surface area (Å²) in [5.41, 5.74) is 2.62. The molecule has 2 saturated heterocycles. The zero-order valence-electron chi connectivity index (χ0n) is 24.2. The van der Waals surface area contributed by atoms with Crippen LogP contribution < -0.4 is 9.62 Å². The molecule has 1 atom stereocenters. The number of ether oxygens (including phenoxy) is 1. The van der Waals surface area contributed by atoms with Gasteiger partial charge in [-0.2, -0.15) is 23.1 Å². The Bertz CT molecular complexity index is 1660. The van der Waals surface area contributed by atoms with Gasteiger partial charge in [-0.1, -0.05) is 6.42 Å². The van der Waals surface area contributed by atoms with Crippen molar-refractivity contribution < 1.29 is 22.3 Å². The monoisotopic (exact) mass is 610 g/mol. The van der Waals surface area contributed by atoms with Crippen molar-refractivity contribution in [3.05, 3.63) is 47.5 Å².